The van der Waals surface area contributed by atoms with Crippen molar-refractivity contribution in [2.24, 2.45) is 5.41 Å². The molecule has 0 aromatic heterocycles. The van der Waals surface area contributed by atoms with Crippen LogP contribution in [0, 0.1) is 5.41 Å². The van der Waals surface area contributed by atoms with Gasteiger partial charge in [0.15, 0.2) is 5.78 Å². The first kappa shape index (κ1) is 11.4. The molecule has 0 atom stereocenters. The number of carbonyl (C=O) groups excluding carboxylic acids is 1. The maximum Gasteiger partial charge on any atom is 0.164 e. The zero-order valence-electron chi connectivity index (χ0n) is 9.36. The van der Waals surface area contributed by atoms with E-state index in [2.05, 4.69) is 18.8 Å². The van der Waals surface area contributed by atoms with Crippen molar-refractivity contribution >= 4 is 5.78 Å². The summed E-state index contributed by atoms with van der Waals surface area (Å²) >= 11 is 0. The summed E-state index contributed by atoms with van der Waals surface area (Å²) in [6, 6.07) is 0. The van der Waals surface area contributed by atoms with E-state index in [-0.39, 0.29) is 5.41 Å². The Hall–Kier alpha value is -0.630. The van der Waals surface area contributed by atoms with Gasteiger partial charge in [0.2, 0.25) is 0 Å². The van der Waals surface area contributed by atoms with E-state index in [1.165, 1.54) is 0 Å². The van der Waals surface area contributed by atoms with Gasteiger partial charge in [-0.1, -0.05) is 19.9 Å². The minimum Gasteiger partial charge on any atom is -0.317 e. The maximum atomic E-state index is 12.1. The fourth-order valence-corrected chi connectivity index (χ4v) is 2.43. The topological polar surface area (TPSA) is 29.1 Å². The number of allylic oxidation sites excluding steroid dienone is 1. The van der Waals surface area contributed by atoms with Crippen molar-refractivity contribution in [1.82, 2.24) is 5.32 Å². The Morgan fingerprint density at radius 1 is 1.43 bits per heavy atom. The van der Waals surface area contributed by atoms with Gasteiger partial charge >= 0.3 is 0 Å². The lowest BCUT2D eigenvalue weighted by Crippen LogP contribution is -2.42. The zero-order chi connectivity index (χ0) is 10.6. The first-order valence-corrected chi connectivity index (χ1v) is 5.53. The van der Waals surface area contributed by atoms with Crippen molar-refractivity contribution in [2.45, 2.75) is 39.5 Å². The number of piperidine rings is 1. The van der Waals surface area contributed by atoms with Gasteiger partial charge in [0.25, 0.3) is 0 Å². The van der Waals surface area contributed by atoms with Crippen molar-refractivity contribution in [3.8, 4) is 0 Å². The van der Waals surface area contributed by atoms with Crippen LogP contribution in [-0.4, -0.2) is 18.9 Å². The molecule has 1 saturated heterocycles. The molecule has 1 heterocycles. The molecule has 0 amide bonds. The highest BCUT2D eigenvalue weighted by molar-refractivity contribution is 5.98. The number of ketones is 1. The first-order chi connectivity index (χ1) is 6.62. The van der Waals surface area contributed by atoms with Crippen LogP contribution in [0.4, 0.5) is 0 Å². The van der Waals surface area contributed by atoms with Crippen LogP contribution in [0.3, 0.4) is 0 Å². The molecule has 1 aliphatic rings. The fourth-order valence-electron chi connectivity index (χ4n) is 2.43. The Balaban J connectivity index is 2.79. The molecule has 14 heavy (non-hydrogen) atoms. The Bertz CT molecular complexity index is 221. The van der Waals surface area contributed by atoms with Gasteiger partial charge in [-0.25, -0.2) is 0 Å². The Morgan fingerprint density at radius 2 is 2.00 bits per heavy atom. The highest BCUT2D eigenvalue weighted by atomic mass is 16.1. The molecule has 0 spiro atoms. The molecule has 0 unspecified atom stereocenters. The molecule has 1 rings (SSSR count). The molecule has 0 aliphatic carbocycles. The molecule has 0 aromatic rings. The molecule has 0 bridgehead atoms. The van der Waals surface area contributed by atoms with E-state index >= 15 is 0 Å². The summed E-state index contributed by atoms with van der Waals surface area (Å²) in [5, 5.41) is 3.31. The minimum atomic E-state index is -0.0914. The van der Waals surface area contributed by atoms with Gasteiger partial charge in [-0.15, -0.1) is 0 Å². The third-order valence-electron chi connectivity index (χ3n) is 3.16. The van der Waals surface area contributed by atoms with E-state index in [1.807, 2.05) is 6.92 Å². The highest BCUT2D eigenvalue weighted by Gasteiger charge is 2.38. The van der Waals surface area contributed by atoms with Crippen molar-refractivity contribution < 1.29 is 4.79 Å². The Morgan fingerprint density at radius 3 is 2.43 bits per heavy atom. The van der Waals surface area contributed by atoms with E-state index in [1.54, 1.807) is 0 Å². The van der Waals surface area contributed by atoms with Crippen LogP contribution in [0.5, 0.6) is 0 Å². The fraction of sp³-hybridized carbons (Fsp3) is 0.750. The average Bonchev–Trinajstić information content (AvgIpc) is 2.18. The summed E-state index contributed by atoms with van der Waals surface area (Å²) in [6.45, 7) is 9.71. The molecule has 0 aromatic carbocycles. The summed E-state index contributed by atoms with van der Waals surface area (Å²) in [7, 11) is 0. The number of nitrogens with one attached hydrogen (secondary N) is 1. The second-order valence-electron chi connectivity index (χ2n) is 4.39. The molecule has 0 saturated carbocycles. The van der Waals surface area contributed by atoms with E-state index in [9.17, 15) is 4.79 Å². The van der Waals surface area contributed by atoms with Gasteiger partial charge < -0.3 is 5.32 Å². The highest BCUT2D eigenvalue weighted by Crippen LogP contribution is 2.36. The van der Waals surface area contributed by atoms with E-state index in [0.29, 0.717) is 5.78 Å². The lowest BCUT2D eigenvalue weighted by atomic mass is 9.70. The smallest absolute Gasteiger partial charge is 0.164 e. The number of hydrogen-bond donors (Lipinski definition) is 1. The van der Waals surface area contributed by atoms with Crippen LogP contribution < -0.4 is 5.32 Å². The molecule has 2 heteroatoms. The van der Waals surface area contributed by atoms with Crippen LogP contribution in [0.25, 0.3) is 0 Å². The normalized spacial score (nSPS) is 20.4. The van der Waals surface area contributed by atoms with Crippen molar-refractivity contribution in [3.63, 3.8) is 0 Å². The van der Waals surface area contributed by atoms with Crippen molar-refractivity contribution in [1.29, 1.82) is 0 Å². The number of rotatable bonds is 4. The lowest BCUT2D eigenvalue weighted by molar-refractivity contribution is -0.126. The van der Waals surface area contributed by atoms with Gasteiger partial charge in [0.1, 0.15) is 0 Å². The number of hydrogen-bond acceptors (Lipinski definition) is 2. The second kappa shape index (κ2) is 4.74. The molecule has 1 fully saturated rings. The molecule has 2 nitrogen and oxygen atoms in total. The van der Waals surface area contributed by atoms with Gasteiger partial charge in [-0.05, 0) is 44.8 Å². The second-order valence-corrected chi connectivity index (χ2v) is 4.39. The summed E-state index contributed by atoms with van der Waals surface area (Å²) in [6.07, 6.45) is 4.05. The maximum absolute atomic E-state index is 12.1. The molecule has 1 N–H and O–H groups in total. The zero-order valence-corrected chi connectivity index (χ0v) is 9.36. The molecular formula is C12H21NO. The average molecular weight is 195 g/mol. The van der Waals surface area contributed by atoms with Gasteiger partial charge in [0.05, 0.1) is 0 Å². The molecule has 1 aliphatic heterocycles. The molecule has 80 valence electrons. The largest absolute Gasteiger partial charge is 0.317 e. The van der Waals surface area contributed by atoms with Crippen LogP contribution in [0.1, 0.15) is 39.5 Å². The van der Waals surface area contributed by atoms with E-state index in [4.69, 9.17) is 0 Å². The lowest BCUT2D eigenvalue weighted by Gasteiger charge is -2.36. The third kappa shape index (κ3) is 2.24. The van der Waals surface area contributed by atoms with Gasteiger partial charge in [-0.2, -0.15) is 0 Å². The predicted octanol–water partition coefficient (Wildman–Crippen LogP) is 2.30. The minimum absolute atomic E-state index is 0.0914. The SMILES string of the molecule is C=C(C)C(=O)C1(CCC)CCNCC1. The van der Waals surface area contributed by atoms with Crippen molar-refractivity contribution in [2.75, 3.05) is 13.1 Å². The summed E-state index contributed by atoms with van der Waals surface area (Å²) < 4.78 is 0. The Kier molecular flexibility index (Phi) is 3.87. The monoisotopic (exact) mass is 195 g/mol. The van der Waals surface area contributed by atoms with Crippen molar-refractivity contribution in [3.05, 3.63) is 12.2 Å². The van der Waals surface area contributed by atoms with Crippen LogP contribution in [0.2, 0.25) is 0 Å². The predicted molar refractivity (Wildman–Crippen MR) is 59.3 cm³/mol. The van der Waals surface area contributed by atoms with Gasteiger partial charge in [-0.3, -0.25) is 4.79 Å². The van der Waals surface area contributed by atoms with Gasteiger partial charge in [0, 0.05) is 5.41 Å². The summed E-state index contributed by atoms with van der Waals surface area (Å²) in [4.78, 5) is 12.1. The summed E-state index contributed by atoms with van der Waals surface area (Å²) in [5.41, 5.74) is 0.631. The van der Waals surface area contributed by atoms with Crippen LogP contribution in [0.15, 0.2) is 12.2 Å². The number of Topliss-reactive ketones (excluding diaryl/α,β-unsaturated/α-hetero) is 1. The molecule has 0 radical (unpaired) electrons. The van der Waals surface area contributed by atoms with E-state index in [0.717, 1.165) is 44.3 Å². The van der Waals surface area contributed by atoms with Crippen LogP contribution in [-0.2, 0) is 4.79 Å². The summed E-state index contributed by atoms with van der Waals surface area (Å²) in [5.74, 6) is 0.292. The number of carbonyl (C=O) groups is 1. The van der Waals surface area contributed by atoms with Crippen LogP contribution >= 0.6 is 0 Å². The standard InChI is InChI=1S/C12H21NO/c1-4-5-12(11(14)10(2)3)6-8-13-9-7-12/h13H,2,4-9H2,1,3H3. The quantitative estimate of drug-likeness (QED) is 0.697. The molecular weight excluding hydrogens is 174 g/mol. The third-order valence-corrected chi connectivity index (χ3v) is 3.16. The van der Waals surface area contributed by atoms with E-state index < -0.39 is 0 Å². The Labute approximate surface area is 86.8 Å². The first-order valence-electron chi connectivity index (χ1n) is 5.53.